The molecule has 0 saturated carbocycles. The average molecular weight is 351 g/mol. The molecule has 0 aliphatic carbocycles. The normalized spacial score (nSPS) is 16.6. The number of rotatable bonds is 6. The van der Waals surface area contributed by atoms with E-state index < -0.39 is 0 Å². The van der Waals surface area contributed by atoms with Crippen LogP contribution in [0, 0.1) is 0 Å². The van der Waals surface area contributed by atoms with Gasteiger partial charge in [-0.3, -0.25) is 4.79 Å². The molecule has 5 nitrogen and oxygen atoms in total. The van der Waals surface area contributed by atoms with Gasteiger partial charge in [0.15, 0.2) is 0 Å². The van der Waals surface area contributed by atoms with Crippen LogP contribution < -0.4 is 5.32 Å². The molecule has 1 N–H and O–H groups in total. The zero-order chi connectivity index (χ0) is 16.1. The summed E-state index contributed by atoms with van der Waals surface area (Å²) in [6.45, 7) is 6.28. The lowest BCUT2D eigenvalue weighted by molar-refractivity contribution is 0.0945. The minimum atomic E-state index is -0.0672. The van der Waals surface area contributed by atoms with Crippen molar-refractivity contribution in [2.24, 2.45) is 0 Å². The molecule has 124 valence electrons. The molecule has 0 aromatic carbocycles. The summed E-state index contributed by atoms with van der Waals surface area (Å²) in [6.07, 6.45) is 0.984. The van der Waals surface area contributed by atoms with Crippen molar-refractivity contribution in [1.82, 2.24) is 20.1 Å². The van der Waals surface area contributed by atoms with Crippen molar-refractivity contribution in [3.8, 4) is 9.88 Å². The zero-order valence-corrected chi connectivity index (χ0v) is 15.0. The molecule has 23 heavy (non-hydrogen) atoms. The molecule has 3 heterocycles. The van der Waals surface area contributed by atoms with Gasteiger partial charge < -0.3 is 15.1 Å². The van der Waals surface area contributed by atoms with Crippen LogP contribution in [0.2, 0.25) is 0 Å². The number of likely N-dealkylation sites (N-methyl/N-ethyl adjacent to an activating group) is 1. The van der Waals surface area contributed by atoms with Gasteiger partial charge in [-0.15, -0.1) is 22.7 Å². The van der Waals surface area contributed by atoms with Crippen molar-refractivity contribution < 1.29 is 4.79 Å². The highest BCUT2D eigenvalue weighted by Crippen LogP contribution is 2.27. The first-order valence-corrected chi connectivity index (χ1v) is 9.67. The average Bonchev–Trinajstić information content (AvgIpc) is 3.23. The van der Waals surface area contributed by atoms with Crippen molar-refractivity contribution in [2.45, 2.75) is 6.42 Å². The van der Waals surface area contributed by atoms with Gasteiger partial charge in [-0.05, 0) is 31.5 Å². The van der Waals surface area contributed by atoms with E-state index in [1.54, 1.807) is 11.3 Å². The Hall–Kier alpha value is -1.28. The van der Waals surface area contributed by atoms with Crippen molar-refractivity contribution in [1.29, 1.82) is 0 Å². The van der Waals surface area contributed by atoms with Crippen LogP contribution in [0.25, 0.3) is 9.88 Å². The number of amides is 1. The van der Waals surface area contributed by atoms with Crippen LogP contribution >= 0.6 is 22.7 Å². The highest BCUT2D eigenvalue weighted by molar-refractivity contribution is 7.20. The number of nitrogens with one attached hydrogen (secondary N) is 1. The molecule has 1 aliphatic heterocycles. The number of piperazine rings is 1. The molecule has 2 aromatic rings. The Balaban J connectivity index is 1.40. The molecule has 1 amide bonds. The lowest BCUT2D eigenvalue weighted by Crippen LogP contribution is -2.45. The van der Waals surface area contributed by atoms with Crippen LogP contribution in [0.5, 0.6) is 0 Å². The molecule has 2 aromatic heterocycles. The second-order valence-electron chi connectivity index (χ2n) is 5.77. The van der Waals surface area contributed by atoms with Crippen LogP contribution in [0.3, 0.4) is 0 Å². The van der Waals surface area contributed by atoms with Gasteiger partial charge in [0.05, 0.1) is 4.88 Å². The Morgan fingerprint density at radius 2 is 2.13 bits per heavy atom. The number of thiazole rings is 1. The lowest BCUT2D eigenvalue weighted by Gasteiger charge is -2.32. The van der Waals surface area contributed by atoms with E-state index in [0.29, 0.717) is 12.2 Å². The third kappa shape index (κ3) is 4.60. The van der Waals surface area contributed by atoms with Gasteiger partial charge in [-0.2, -0.15) is 0 Å². The van der Waals surface area contributed by atoms with Crippen molar-refractivity contribution in [3.05, 3.63) is 28.6 Å². The number of carbonyl (C=O) groups excluding carboxylic acids is 1. The monoisotopic (exact) mass is 350 g/mol. The van der Waals surface area contributed by atoms with Gasteiger partial charge in [0.1, 0.15) is 10.7 Å². The minimum Gasteiger partial charge on any atom is -0.351 e. The molecule has 7 heteroatoms. The molecular weight excluding hydrogens is 328 g/mol. The molecule has 3 rings (SSSR count). The van der Waals surface area contributed by atoms with E-state index >= 15 is 0 Å². The summed E-state index contributed by atoms with van der Waals surface area (Å²) in [4.78, 5) is 22.5. The Bertz CT molecular complexity index is 618. The topological polar surface area (TPSA) is 48.5 Å². The number of nitrogens with zero attached hydrogens (tertiary/aromatic N) is 3. The molecular formula is C16H22N4OS2. The third-order valence-electron chi connectivity index (χ3n) is 4.00. The number of aromatic nitrogens is 1. The summed E-state index contributed by atoms with van der Waals surface area (Å²) in [5.74, 6) is -0.0672. The van der Waals surface area contributed by atoms with Crippen LogP contribution in [0.1, 0.15) is 16.9 Å². The van der Waals surface area contributed by atoms with Crippen LogP contribution in [0.4, 0.5) is 0 Å². The van der Waals surface area contributed by atoms with E-state index in [9.17, 15) is 4.79 Å². The second-order valence-corrected chi connectivity index (χ2v) is 7.58. The molecule has 0 bridgehead atoms. The maximum absolute atomic E-state index is 12.1. The third-order valence-corrected chi connectivity index (χ3v) is 5.88. The van der Waals surface area contributed by atoms with Gasteiger partial charge in [0, 0.05) is 38.1 Å². The first-order chi connectivity index (χ1) is 11.2. The van der Waals surface area contributed by atoms with Crippen molar-refractivity contribution in [3.63, 3.8) is 0 Å². The summed E-state index contributed by atoms with van der Waals surface area (Å²) in [7, 11) is 2.16. The van der Waals surface area contributed by atoms with Gasteiger partial charge >= 0.3 is 0 Å². The molecule has 1 aliphatic rings. The van der Waals surface area contributed by atoms with E-state index in [-0.39, 0.29) is 5.91 Å². The summed E-state index contributed by atoms with van der Waals surface area (Å²) in [6, 6.07) is 4.03. The standard InChI is InChI=1S/C16H22N4OS2/c1-19-7-9-20(10-8-19)6-3-5-17-15(21)13-12-23-16(18-13)14-4-2-11-22-14/h2,4,11-12H,3,5-10H2,1H3,(H,17,21). The molecule has 0 unspecified atom stereocenters. The Kier molecular flexibility index (Phi) is 5.77. The Labute approximate surface area is 144 Å². The predicted octanol–water partition coefficient (Wildman–Crippen LogP) is 2.24. The summed E-state index contributed by atoms with van der Waals surface area (Å²) in [5, 5.41) is 7.76. The van der Waals surface area contributed by atoms with Crippen molar-refractivity contribution >= 4 is 28.6 Å². The molecule has 0 spiro atoms. The number of carbonyl (C=O) groups is 1. The molecule has 0 radical (unpaired) electrons. The first kappa shape index (κ1) is 16.6. The highest BCUT2D eigenvalue weighted by Gasteiger charge is 2.14. The highest BCUT2D eigenvalue weighted by atomic mass is 32.1. The van der Waals surface area contributed by atoms with Crippen LogP contribution in [0.15, 0.2) is 22.9 Å². The Morgan fingerprint density at radius 3 is 2.87 bits per heavy atom. The van der Waals surface area contributed by atoms with Crippen LogP contribution in [-0.2, 0) is 0 Å². The second kappa shape index (κ2) is 8.01. The van der Waals surface area contributed by atoms with Gasteiger partial charge in [0.25, 0.3) is 5.91 Å². The SMILES string of the molecule is CN1CCN(CCCNC(=O)c2csc(-c3cccs3)n2)CC1. The lowest BCUT2D eigenvalue weighted by atomic mass is 10.3. The largest absolute Gasteiger partial charge is 0.351 e. The number of hydrogen-bond acceptors (Lipinski definition) is 6. The van der Waals surface area contributed by atoms with E-state index in [1.807, 2.05) is 22.9 Å². The van der Waals surface area contributed by atoms with Gasteiger partial charge in [-0.25, -0.2) is 4.98 Å². The molecule has 1 fully saturated rings. The number of thiophene rings is 1. The van der Waals surface area contributed by atoms with E-state index in [1.165, 1.54) is 11.3 Å². The first-order valence-electron chi connectivity index (χ1n) is 7.91. The summed E-state index contributed by atoms with van der Waals surface area (Å²) >= 11 is 3.17. The summed E-state index contributed by atoms with van der Waals surface area (Å²) < 4.78 is 0. The van der Waals surface area contributed by atoms with Crippen molar-refractivity contribution in [2.75, 3.05) is 46.3 Å². The summed E-state index contributed by atoms with van der Waals surface area (Å²) in [5.41, 5.74) is 0.526. The fourth-order valence-corrected chi connectivity index (χ4v) is 4.17. The maximum atomic E-state index is 12.1. The van der Waals surface area contributed by atoms with E-state index in [4.69, 9.17) is 0 Å². The van der Waals surface area contributed by atoms with Gasteiger partial charge in [-0.1, -0.05) is 6.07 Å². The smallest absolute Gasteiger partial charge is 0.270 e. The van der Waals surface area contributed by atoms with Gasteiger partial charge in [0.2, 0.25) is 0 Å². The number of hydrogen-bond donors (Lipinski definition) is 1. The molecule has 0 atom stereocenters. The fourth-order valence-electron chi connectivity index (χ4n) is 2.56. The molecule has 1 saturated heterocycles. The maximum Gasteiger partial charge on any atom is 0.270 e. The van der Waals surface area contributed by atoms with Crippen LogP contribution in [-0.4, -0.2) is 67.0 Å². The quantitative estimate of drug-likeness (QED) is 0.812. The fraction of sp³-hybridized carbons (Fsp3) is 0.500. The van der Waals surface area contributed by atoms with E-state index in [2.05, 4.69) is 27.1 Å². The van der Waals surface area contributed by atoms with E-state index in [0.717, 1.165) is 49.0 Å². The predicted molar refractivity (Wildman–Crippen MR) is 96.3 cm³/mol. The Morgan fingerprint density at radius 1 is 1.30 bits per heavy atom. The zero-order valence-electron chi connectivity index (χ0n) is 13.3. The minimum absolute atomic E-state index is 0.0672.